The molecule has 147 heavy (non-hydrogen) atoms. The Balaban J connectivity index is -0.000000129. The molecule has 3 N–H and O–H groups in total. The van der Waals surface area contributed by atoms with Crippen molar-refractivity contribution in [3.05, 3.63) is 29.8 Å². The number of hydrogen-bond donors (Lipinski definition) is 3. The van der Waals surface area contributed by atoms with Crippen molar-refractivity contribution < 1.29 is 67.0 Å². The van der Waals surface area contributed by atoms with Gasteiger partial charge in [-0.1, -0.05) is 348 Å². The van der Waals surface area contributed by atoms with E-state index < -0.39 is 0 Å². The number of amides is 3. The second-order valence-electron chi connectivity index (χ2n) is 50.2. The minimum atomic E-state index is -0.128. The monoisotopic (exact) mass is 2210 g/mol. The van der Waals surface area contributed by atoms with Crippen LogP contribution in [0.4, 0.5) is 5.69 Å². The molecule has 3 amide bonds. The first-order valence-corrected chi connectivity index (χ1v) is 56.5. The van der Waals surface area contributed by atoms with E-state index in [2.05, 4.69) is 203 Å². The molecule has 0 spiro atoms. The number of anilines is 1. The summed E-state index contributed by atoms with van der Waals surface area (Å²) < 4.78 is 10.8. The first kappa shape index (κ1) is 171. The van der Waals surface area contributed by atoms with Gasteiger partial charge in [0.2, 0.25) is 17.7 Å². The normalized spacial score (nSPS) is 12.6. The van der Waals surface area contributed by atoms with Crippen LogP contribution >= 0.6 is 94.5 Å². The number of Topliss-reactive ketones (excluding diaryl/α,β-unsaturated/α-hetero) is 8. The van der Waals surface area contributed by atoms with Gasteiger partial charge >= 0.3 is 5.97 Å². The summed E-state index contributed by atoms with van der Waals surface area (Å²) in [6, 6.07) is 7.93. The Morgan fingerprint density at radius 2 is 0.558 bits per heavy atom. The second-order valence-corrected chi connectivity index (χ2v) is 50.2. The minimum Gasteiger partial charge on any atom is -0.465 e. The molecular formula is C123H245N3O14S7. The fourth-order valence-corrected chi connectivity index (χ4v) is 16.8. The summed E-state index contributed by atoms with van der Waals surface area (Å²) in [4.78, 5) is 144. The summed E-state index contributed by atoms with van der Waals surface area (Å²) in [6.45, 7) is 93.2. The molecule has 0 aliphatic rings. The Hall–Kier alpha value is -3.13. The third-order valence-electron chi connectivity index (χ3n) is 24.3. The average molecular weight is 2210 g/mol. The van der Waals surface area contributed by atoms with E-state index in [1.54, 1.807) is 0 Å². The molecule has 7 atom stereocenters. The maximum absolute atomic E-state index is 12.5. The molecule has 1 rings (SSSR count). The molecule has 17 nitrogen and oxygen atoms in total. The van der Waals surface area contributed by atoms with E-state index in [9.17, 15) is 57.5 Å². The third kappa shape index (κ3) is 107. The van der Waals surface area contributed by atoms with Gasteiger partial charge in [0.15, 0.2) is 0 Å². The summed E-state index contributed by atoms with van der Waals surface area (Å²) in [5.41, 5.74) is 2.18. The van der Waals surface area contributed by atoms with Crippen molar-refractivity contribution in [3.8, 4) is 0 Å². The Morgan fingerprint density at radius 1 is 0.265 bits per heavy atom. The maximum Gasteiger partial charge on any atom is 0.305 e. The van der Waals surface area contributed by atoms with E-state index in [0.717, 1.165) is 165 Å². The highest BCUT2D eigenvalue weighted by molar-refractivity contribution is 7.60. The zero-order valence-corrected chi connectivity index (χ0v) is 110. The van der Waals surface area contributed by atoms with Gasteiger partial charge in [-0.2, -0.15) is 94.5 Å². The van der Waals surface area contributed by atoms with E-state index in [1.807, 2.05) is 135 Å². The largest absolute Gasteiger partial charge is 0.465 e. The van der Waals surface area contributed by atoms with Crippen LogP contribution in [0, 0.1) is 165 Å². The number of unbranched alkanes of at least 4 members (excludes halogenated alkanes) is 4. The standard InChI is InChI=1S/C22H35NO2.C20H38O2.C19H36O3.C16H31NO2.C16H32O2.C15H29NO2.C15H30O.7H2S/c1-15(2)7-12-21(24)23-20-10-8-18(9-11-20)14-19(13-16(3)4)22(25)17(5)6;1-15(2)12-13-19(21)11-9-7-8-10-18(14-16(3)4)20(22)17(5)6;1-14(2)12-17(19(21)16(5)6)10-8-7-9-11-18(20)22-13-15(3)4;1-11(2)9-14(16(19)13(5)6)7-8-15(18)17-10-12(3)4;1-12(2)10-14(15(17)13(3)4)8-9-18-11-16(5,6)7;1-10(2)7-13(15(18)12(5)6)8-14(17)16-9-11(3)4;1-11(2)8-7-9-14(10-12(3)4)15(16)13(5)6;;;;;;;/h8-11,15-17,19H,7,12-14H2,1-6H3,(H,23,24);15-18H,7-14H2,1-6H3;14-17H,7-13H2,1-6H3;11-14H,7-10H2,1-6H3,(H,17,18);12-14H,8-11H2,1-7H3;10-13H,7-9H2,1-6H3,(H,16,17);11-14H,7-10H2,1-6H3;7*1H2/t19-;18-;17-;2*14-;13-;14-;;;;;;;/m0111101......./s1. The van der Waals surface area contributed by atoms with Gasteiger partial charge in [-0.3, -0.25) is 57.5 Å². The second kappa shape index (κ2) is 101. The van der Waals surface area contributed by atoms with Crippen LogP contribution in [0.2, 0.25) is 0 Å². The molecule has 1 aromatic carbocycles. The van der Waals surface area contributed by atoms with E-state index in [-0.39, 0.29) is 206 Å². The first-order chi connectivity index (χ1) is 64.6. The summed E-state index contributed by atoms with van der Waals surface area (Å²) >= 11 is 0. The average Bonchev–Trinajstić information content (AvgIpc) is 0.862. The molecule has 0 aliphatic carbocycles. The summed E-state index contributed by atoms with van der Waals surface area (Å²) in [6.07, 6.45) is 25.7. The molecule has 24 heteroatoms. The maximum atomic E-state index is 12.5. The lowest BCUT2D eigenvalue weighted by molar-refractivity contribution is -0.145. The van der Waals surface area contributed by atoms with Crippen molar-refractivity contribution in [2.45, 2.75) is 484 Å². The van der Waals surface area contributed by atoms with E-state index in [4.69, 9.17) is 9.47 Å². The van der Waals surface area contributed by atoms with Crippen LogP contribution in [0.25, 0.3) is 0 Å². The van der Waals surface area contributed by atoms with Gasteiger partial charge in [0.05, 0.1) is 13.2 Å². The molecule has 0 heterocycles. The summed E-state index contributed by atoms with van der Waals surface area (Å²) in [5, 5.41) is 8.74. The fraction of sp³-hybridized carbons (Fsp3) is 0.854. The number of esters is 1. The lowest BCUT2D eigenvalue weighted by atomic mass is 9.84. The van der Waals surface area contributed by atoms with Crippen LogP contribution in [-0.4, -0.2) is 103 Å². The number of hydrogen-bond acceptors (Lipinski definition) is 14. The number of benzene rings is 1. The molecule has 0 radical (unpaired) electrons. The highest BCUT2D eigenvalue weighted by Gasteiger charge is 2.30. The van der Waals surface area contributed by atoms with E-state index in [1.165, 1.54) is 12.8 Å². The topological polar surface area (TPSA) is 259 Å². The number of rotatable bonds is 68. The zero-order chi connectivity index (χ0) is 110. The van der Waals surface area contributed by atoms with Gasteiger partial charge in [-0.15, -0.1) is 0 Å². The molecule has 1 aromatic rings. The van der Waals surface area contributed by atoms with Crippen molar-refractivity contribution in [2.75, 3.05) is 38.2 Å². The van der Waals surface area contributed by atoms with Gasteiger partial charge in [0, 0.05) is 147 Å². The first-order valence-electron chi connectivity index (χ1n) is 56.5. The predicted octanol–water partition coefficient (Wildman–Crippen LogP) is 32.6. The highest BCUT2D eigenvalue weighted by atomic mass is 32.1. The smallest absolute Gasteiger partial charge is 0.305 e. The number of ether oxygens (including phenoxy) is 2. The number of carbonyl (C=O) groups excluding carboxylic acids is 12. The minimum absolute atomic E-state index is 0. The third-order valence-corrected chi connectivity index (χ3v) is 24.3. The van der Waals surface area contributed by atoms with Gasteiger partial charge in [0.25, 0.3) is 0 Å². The number of nitrogens with one attached hydrogen (secondary N) is 3. The van der Waals surface area contributed by atoms with E-state index >= 15 is 0 Å². The molecule has 0 unspecified atom stereocenters. The van der Waals surface area contributed by atoms with E-state index in [0.29, 0.717) is 176 Å². The Labute approximate surface area is 957 Å². The van der Waals surface area contributed by atoms with Crippen molar-refractivity contribution >= 4 is 170 Å². The number of ketones is 8. The van der Waals surface area contributed by atoms with Crippen LogP contribution in [0.3, 0.4) is 0 Å². The van der Waals surface area contributed by atoms with Crippen LogP contribution < -0.4 is 16.0 Å². The van der Waals surface area contributed by atoms with Crippen molar-refractivity contribution in [1.82, 2.24) is 10.6 Å². The van der Waals surface area contributed by atoms with Crippen molar-refractivity contribution in [3.63, 3.8) is 0 Å². The molecule has 0 aliphatic heterocycles. The van der Waals surface area contributed by atoms with Gasteiger partial charge < -0.3 is 25.4 Å². The lowest BCUT2D eigenvalue weighted by Crippen LogP contribution is -2.32. The summed E-state index contributed by atoms with van der Waals surface area (Å²) in [7, 11) is 0. The predicted molar refractivity (Wildman–Crippen MR) is 669 cm³/mol. The van der Waals surface area contributed by atoms with Crippen molar-refractivity contribution in [1.29, 1.82) is 0 Å². The van der Waals surface area contributed by atoms with Gasteiger partial charge in [-0.05, 0) is 209 Å². The molecule has 0 aromatic heterocycles. The SMILES string of the molecule is CC(C)CCC(=O)CCCCC[C@H](CC(C)C)C(=O)C(C)C.CC(C)CCC(=O)Nc1ccc(C[C@H](CC(C)C)C(=O)C(C)C)cc1.CC(C)CCC[C@H](CC(C)C)C(=O)C(C)C.CC(C)CNC(=O)CC[C@H](CC(C)C)C(=O)C(C)C.CC(C)CNC(=O)C[C@H](CC(C)C)C(=O)C(C)C.CC(C)COC(=O)CCCCC[C@H](CC(C)C)C(=O)C(C)C.CC(C)C[C@@H](CCOCC(C)(C)C)C(=O)C(C)C.S.S.S.S.S.S.S. The molecule has 878 valence electrons. The van der Waals surface area contributed by atoms with Gasteiger partial charge in [0.1, 0.15) is 46.3 Å². The van der Waals surface area contributed by atoms with Crippen LogP contribution in [-0.2, 0) is 73.4 Å². The Morgan fingerprint density at radius 3 is 0.884 bits per heavy atom. The quantitative estimate of drug-likeness (QED) is 0.0405. The van der Waals surface area contributed by atoms with Crippen LogP contribution in [0.1, 0.15) is 483 Å². The highest BCUT2D eigenvalue weighted by Crippen LogP contribution is 2.31. The zero-order valence-electron chi connectivity index (χ0n) is 103. The fourth-order valence-electron chi connectivity index (χ4n) is 16.8. The molecule has 0 saturated carbocycles. The summed E-state index contributed by atoms with van der Waals surface area (Å²) in [5.74, 6) is 11.5. The van der Waals surface area contributed by atoms with Crippen LogP contribution in [0.15, 0.2) is 24.3 Å². The van der Waals surface area contributed by atoms with Crippen molar-refractivity contribution in [2.24, 2.45) is 165 Å². The number of carbonyl (C=O) groups is 12. The molecular weight excluding hydrogens is 1970 g/mol. The van der Waals surface area contributed by atoms with Gasteiger partial charge in [-0.25, -0.2) is 0 Å². The lowest BCUT2D eigenvalue weighted by Gasteiger charge is -2.22. The Kier molecular flexibility index (Phi) is 118. The molecule has 0 saturated heterocycles. The van der Waals surface area contributed by atoms with Crippen LogP contribution in [0.5, 0.6) is 0 Å². The molecule has 0 fully saturated rings. The Bertz CT molecular complexity index is 3350. The molecule has 0 bridgehead atoms.